The largest absolute Gasteiger partial charge is 0.396 e. The number of aliphatic hydroxyl groups is 1. The van der Waals surface area contributed by atoms with E-state index in [-0.39, 0.29) is 6.61 Å². The predicted octanol–water partition coefficient (Wildman–Crippen LogP) is 0.318. The Morgan fingerprint density at radius 3 is 2.80 bits per heavy atom. The zero-order chi connectivity index (χ0) is 11.3. The van der Waals surface area contributed by atoms with Gasteiger partial charge in [-0.1, -0.05) is 19.1 Å². The van der Waals surface area contributed by atoms with Crippen LogP contribution in [0.2, 0.25) is 0 Å². The summed E-state index contributed by atoms with van der Waals surface area (Å²) in [5.41, 5.74) is 7.57. The molecule has 5 nitrogen and oxygen atoms in total. The molecule has 0 amide bonds. The van der Waals surface area contributed by atoms with Gasteiger partial charge in [0, 0.05) is 19.7 Å². The molecule has 1 unspecified atom stereocenters. The summed E-state index contributed by atoms with van der Waals surface area (Å²) in [6.45, 7) is 5.64. The van der Waals surface area contributed by atoms with Gasteiger partial charge in [-0.05, 0) is 18.8 Å². The number of hydrogen-bond acceptors (Lipinski definition) is 4. The highest BCUT2D eigenvalue weighted by molar-refractivity contribution is 5.09. The van der Waals surface area contributed by atoms with Crippen LogP contribution in [0.5, 0.6) is 0 Å². The van der Waals surface area contributed by atoms with Crippen LogP contribution < -0.4 is 5.73 Å². The molecule has 1 aromatic rings. The van der Waals surface area contributed by atoms with Crippen LogP contribution in [0.1, 0.15) is 31.7 Å². The smallest absolute Gasteiger partial charge is 0.0994 e. The van der Waals surface area contributed by atoms with E-state index in [9.17, 15) is 0 Å². The molecule has 1 heterocycles. The van der Waals surface area contributed by atoms with Crippen molar-refractivity contribution in [2.75, 3.05) is 6.61 Å². The SMILES string of the molecule is CCc1c(CN)nnn1CC(C)CCO. The Bertz CT molecular complexity index is 298. The van der Waals surface area contributed by atoms with Gasteiger partial charge in [0.05, 0.1) is 11.4 Å². The first-order valence-corrected chi connectivity index (χ1v) is 5.45. The van der Waals surface area contributed by atoms with Gasteiger partial charge < -0.3 is 10.8 Å². The normalized spacial score (nSPS) is 13.1. The first kappa shape index (κ1) is 12.1. The molecule has 0 bridgehead atoms. The summed E-state index contributed by atoms with van der Waals surface area (Å²) in [5.74, 6) is 0.410. The Morgan fingerprint density at radius 2 is 2.27 bits per heavy atom. The molecule has 0 aromatic carbocycles. The predicted molar refractivity (Wildman–Crippen MR) is 58.2 cm³/mol. The third-order valence-corrected chi connectivity index (χ3v) is 2.55. The van der Waals surface area contributed by atoms with E-state index < -0.39 is 0 Å². The maximum absolute atomic E-state index is 8.83. The van der Waals surface area contributed by atoms with Gasteiger partial charge in [-0.25, -0.2) is 4.68 Å². The molecule has 1 rings (SSSR count). The fourth-order valence-electron chi connectivity index (χ4n) is 1.67. The first-order valence-electron chi connectivity index (χ1n) is 5.45. The summed E-state index contributed by atoms with van der Waals surface area (Å²) in [6.07, 6.45) is 1.69. The first-order chi connectivity index (χ1) is 7.22. The van der Waals surface area contributed by atoms with E-state index in [0.717, 1.165) is 30.8 Å². The minimum absolute atomic E-state index is 0.223. The van der Waals surface area contributed by atoms with Crippen LogP contribution in [-0.4, -0.2) is 26.7 Å². The van der Waals surface area contributed by atoms with Crippen molar-refractivity contribution in [3.05, 3.63) is 11.4 Å². The van der Waals surface area contributed by atoms with Crippen LogP contribution in [0.4, 0.5) is 0 Å². The van der Waals surface area contributed by atoms with Crippen molar-refractivity contribution < 1.29 is 5.11 Å². The minimum Gasteiger partial charge on any atom is -0.396 e. The summed E-state index contributed by atoms with van der Waals surface area (Å²) in [6, 6.07) is 0. The number of aliphatic hydroxyl groups excluding tert-OH is 1. The van der Waals surface area contributed by atoms with Crippen LogP contribution in [0, 0.1) is 5.92 Å². The fraction of sp³-hybridized carbons (Fsp3) is 0.800. The van der Waals surface area contributed by atoms with Gasteiger partial charge in [0.2, 0.25) is 0 Å². The van der Waals surface area contributed by atoms with Crippen LogP contribution >= 0.6 is 0 Å². The second kappa shape index (κ2) is 5.82. The summed E-state index contributed by atoms with van der Waals surface area (Å²) in [5, 5.41) is 17.0. The highest BCUT2D eigenvalue weighted by atomic mass is 16.3. The number of rotatable bonds is 6. The lowest BCUT2D eigenvalue weighted by molar-refractivity contribution is 0.250. The Morgan fingerprint density at radius 1 is 1.53 bits per heavy atom. The van der Waals surface area contributed by atoms with Crippen molar-refractivity contribution in [2.45, 2.75) is 39.8 Å². The van der Waals surface area contributed by atoms with Crippen molar-refractivity contribution in [1.29, 1.82) is 0 Å². The molecule has 15 heavy (non-hydrogen) atoms. The lowest BCUT2D eigenvalue weighted by atomic mass is 10.1. The average Bonchev–Trinajstić information content (AvgIpc) is 2.60. The van der Waals surface area contributed by atoms with E-state index in [1.54, 1.807) is 0 Å². The van der Waals surface area contributed by atoms with E-state index in [1.165, 1.54) is 0 Å². The highest BCUT2D eigenvalue weighted by Crippen LogP contribution is 2.10. The van der Waals surface area contributed by atoms with E-state index in [2.05, 4.69) is 24.2 Å². The molecule has 5 heteroatoms. The summed E-state index contributed by atoms with van der Waals surface area (Å²) < 4.78 is 1.91. The van der Waals surface area contributed by atoms with Gasteiger partial charge >= 0.3 is 0 Å². The molecule has 1 aromatic heterocycles. The van der Waals surface area contributed by atoms with E-state index >= 15 is 0 Å². The molecule has 1 atom stereocenters. The number of hydrogen-bond donors (Lipinski definition) is 2. The highest BCUT2D eigenvalue weighted by Gasteiger charge is 2.11. The second-order valence-electron chi connectivity index (χ2n) is 3.84. The van der Waals surface area contributed by atoms with Gasteiger partial charge in [0.1, 0.15) is 0 Å². The molecule has 0 fully saturated rings. The van der Waals surface area contributed by atoms with Gasteiger partial charge in [0.15, 0.2) is 0 Å². The Balaban J connectivity index is 2.71. The van der Waals surface area contributed by atoms with Crippen LogP contribution in [0.25, 0.3) is 0 Å². The van der Waals surface area contributed by atoms with Crippen molar-refractivity contribution in [1.82, 2.24) is 15.0 Å². The number of nitrogens with two attached hydrogens (primary N) is 1. The van der Waals surface area contributed by atoms with Crippen LogP contribution in [0.15, 0.2) is 0 Å². The average molecular weight is 212 g/mol. The standard InChI is InChI=1S/C10H20N4O/c1-3-10-9(6-11)12-13-14(10)7-8(2)4-5-15/h8,15H,3-7,11H2,1-2H3. The van der Waals surface area contributed by atoms with E-state index in [0.29, 0.717) is 12.5 Å². The topological polar surface area (TPSA) is 77.0 Å². The van der Waals surface area contributed by atoms with Crippen molar-refractivity contribution in [3.63, 3.8) is 0 Å². The lowest BCUT2D eigenvalue weighted by Gasteiger charge is -2.11. The lowest BCUT2D eigenvalue weighted by Crippen LogP contribution is -2.13. The third-order valence-electron chi connectivity index (χ3n) is 2.55. The zero-order valence-electron chi connectivity index (χ0n) is 9.48. The second-order valence-corrected chi connectivity index (χ2v) is 3.84. The third kappa shape index (κ3) is 3.00. The number of aromatic nitrogens is 3. The molecule has 86 valence electrons. The van der Waals surface area contributed by atoms with Gasteiger partial charge in [0.25, 0.3) is 0 Å². The monoisotopic (exact) mass is 212 g/mol. The van der Waals surface area contributed by atoms with Crippen LogP contribution in [0.3, 0.4) is 0 Å². The molecule has 0 saturated carbocycles. The van der Waals surface area contributed by atoms with Gasteiger partial charge in [-0.3, -0.25) is 0 Å². The fourth-order valence-corrected chi connectivity index (χ4v) is 1.67. The molecule has 0 saturated heterocycles. The molecule has 0 aliphatic rings. The molecule has 3 N–H and O–H groups in total. The zero-order valence-corrected chi connectivity index (χ0v) is 9.48. The van der Waals surface area contributed by atoms with Crippen molar-refractivity contribution in [2.24, 2.45) is 11.7 Å². The minimum atomic E-state index is 0.223. The Hall–Kier alpha value is -0.940. The van der Waals surface area contributed by atoms with E-state index in [1.807, 2.05) is 4.68 Å². The maximum atomic E-state index is 8.83. The molecule has 0 aliphatic carbocycles. The Kier molecular flexibility index (Phi) is 4.71. The van der Waals surface area contributed by atoms with Crippen molar-refractivity contribution >= 4 is 0 Å². The van der Waals surface area contributed by atoms with Crippen molar-refractivity contribution in [3.8, 4) is 0 Å². The molecule has 0 aliphatic heterocycles. The molecular formula is C10H20N4O. The summed E-state index contributed by atoms with van der Waals surface area (Å²) in [7, 11) is 0. The maximum Gasteiger partial charge on any atom is 0.0994 e. The molecule has 0 spiro atoms. The Labute approximate surface area is 90.3 Å². The number of nitrogens with zero attached hydrogens (tertiary/aromatic N) is 3. The van der Waals surface area contributed by atoms with Crippen LogP contribution in [-0.2, 0) is 19.5 Å². The molecule has 0 radical (unpaired) electrons. The van der Waals surface area contributed by atoms with E-state index in [4.69, 9.17) is 10.8 Å². The summed E-state index contributed by atoms with van der Waals surface area (Å²) >= 11 is 0. The summed E-state index contributed by atoms with van der Waals surface area (Å²) in [4.78, 5) is 0. The van der Waals surface area contributed by atoms with Gasteiger partial charge in [-0.2, -0.15) is 0 Å². The van der Waals surface area contributed by atoms with Gasteiger partial charge in [-0.15, -0.1) is 5.10 Å². The quantitative estimate of drug-likeness (QED) is 0.712. The molecular weight excluding hydrogens is 192 g/mol.